The Hall–Kier alpha value is -0.820. The topological polar surface area (TPSA) is 20.2 Å². The van der Waals surface area contributed by atoms with Crippen LogP contribution >= 0.6 is 12.0 Å². The van der Waals surface area contributed by atoms with Crippen LogP contribution in [-0.4, -0.2) is 4.55 Å². The largest absolute Gasteiger partial charge is 0.325 e. The third-order valence-corrected chi connectivity index (χ3v) is 1.80. The van der Waals surface area contributed by atoms with Gasteiger partial charge in [-0.15, -0.1) is 0 Å². The summed E-state index contributed by atoms with van der Waals surface area (Å²) in [5.74, 6) is -10.5. The van der Waals surface area contributed by atoms with E-state index in [2.05, 4.69) is 0 Å². The maximum Gasteiger partial charge on any atom is 0.200 e. The minimum atomic E-state index is -2.24. The predicted octanol–water partition coefficient (Wildman–Crippen LogP) is 2.95. The van der Waals surface area contributed by atoms with Gasteiger partial charge in [-0.3, -0.25) is 0 Å². The molecule has 1 N–H and O–H groups in total. The quantitative estimate of drug-likeness (QED) is 0.337. The van der Waals surface area contributed by atoms with Gasteiger partial charge in [0.05, 0.1) is 0 Å². The van der Waals surface area contributed by atoms with Crippen LogP contribution in [0.15, 0.2) is 4.90 Å². The molecule has 13 heavy (non-hydrogen) atoms. The maximum atomic E-state index is 12.5. The van der Waals surface area contributed by atoms with Crippen molar-refractivity contribution >= 4 is 12.0 Å². The monoisotopic (exact) mass is 216 g/mol. The Labute approximate surface area is 73.4 Å². The van der Waals surface area contributed by atoms with Crippen molar-refractivity contribution in [3.63, 3.8) is 0 Å². The van der Waals surface area contributed by atoms with Gasteiger partial charge in [0.1, 0.15) is 4.90 Å². The number of halogens is 5. The summed E-state index contributed by atoms with van der Waals surface area (Å²) in [6.45, 7) is 0. The molecular weight excluding hydrogens is 215 g/mol. The first kappa shape index (κ1) is 10.3. The lowest BCUT2D eigenvalue weighted by molar-refractivity contribution is 0.359. The van der Waals surface area contributed by atoms with Crippen molar-refractivity contribution in [3.8, 4) is 0 Å². The Morgan fingerprint density at radius 1 is 0.692 bits per heavy atom. The van der Waals surface area contributed by atoms with E-state index in [1.165, 1.54) is 0 Å². The molecule has 7 heteroatoms. The van der Waals surface area contributed by atoms with Crippen LogP contribution in [0.3, 0.4) is 0 Å². The highest BCUT2D eigenvalue weighted by Crippen LogP contribution is 2.28. The molecule has 1 nitrogen and oxygen atoms in total. The van der Waals surface area contributed by atoms with Gasteiger partial charge in [0.15, 0.2) is 23.3 Å². The summed E-state index contributed by atoms with van der Waals surface area (Å²) in [5, 5.41) is 0. The molecule has 1 aromatic rings. The fourth-order valence-electron chi connectivity index (χ4n) is 0.665. The molecule has 0 heterocycles. The van der Waals surface area contributed by atoms with Gasteiger partial charge in [-0.25, -0.2) is 22.0 Å². The van der Waals surface area contributed by atoms with Crippen LogP contribution in [0.2, 0.25) is 0 Å². The van der Waals surface area contributed by atoms with E-state index in [1.54, 1.807) is 0 Å². The number of hydrogen-bond acceptors (Lipinski definition) is 2. The zero-order chi connectivity index (χ0) is 10.2. The molecule has 72 valence electrons. The van der Waals surface area contributed by atoms with Crippen LogP contribution in [0.25, 0.3) is 0 Å². The lowest BCUT2D eigenvalue weighted by atomic mass is 10.3. The van der Waals surface area contributed by atoms with E-state index < -0.39 is 46.0 Å². The fraction of sp³-hybridized carbons (Fsp3) is 0. The molecule has 0 amide bonds. The second-order valence-electron chi connectivity index (χ2n) is 1.99. The number of benzene rings is 1. The molecule has 0 atom stereocenters. The van der Waals surface area contributed by atoms with Crippen LogP contribution in [0, 0.1) is 29.1 Å². The molecule has 0 unspecified atom stereocenters. The van der Waals surface area contributed by atoms with Gasteiger partial charge in [-0.05, 0) is 0 Å². The molecule has 0 fully saturated rings. The van der Waals surface area contributed by atoms with Crippen molar-refractivity contribution in [1.82, 2.24) is 0 Å². The van der Waals surface area contributed by atoms with Gasteiger partial charge in [0.25, 0.3) is 0 Å². The molecule has 1 rings (SSSR count). The highest BCUT2D eigenvalue weighted by molar-refractivity contribution is 7.93. The number of rotatable bonds is 1. The van der Waals surface area contributed by atoms with E-state index in [4.69, 9.17) is 4.55 Å². The molecule has 1 aromatic carbocycles. The average molecular weight is 216 g/mol. The molecule has 0 aliphatic carbocycles. The summed E-state index contributed by atoms with van der Waals surface area (Å²) in [4.78, 5) is -1.31. The molecule has 0 radical (unpaired) electrons. The Morgan fingerprint density at radius 3 is 1.31 bits per heavy atom. The molecular formula is C6HF5OS. The van der Waals surface area contributed by atoms with E-state index in [0.29, 0.717) is 0 Å². The van der Waals surface area contributed by atoms with Gasteiger partial charge < -0.3 is 4.55 Å². The highest BCUT2D eigenvalue weighted by atomic mass is 32.2. The van der Waals surface area contributed by atoms with Crippen LogP contribution < -0.4 is 0 Å². The Bertz CT molecular complexity index is 324. The second kappa shape index (κ2) is 3.51. The molecule has 0 aliphatic heterocycles. The normalized spacial score (nSPS) is 10.6. The van der Waals surface area contributed by atoms with Gasteiger partial charge in [-0.2, -0.15) is 0 Å². The summed E-state index contributed by atoms with van der Waals surface area (Å²) in [6.07, 6.45) is 0. The van der Waals surface area contributed by atoms with Crippen LogP contribution in [0.5, 0.6) is 0 Å². The number of hydrogen-bond donors (Lipinski definition) is 1. The predicted molar refractivity (Wildman–Crippen MR) is 34.7 cm³/mol. The van der Waals surface area contributed by atoms with Crippen molar-refractivity contribution in [2.45, 2.75) is 4.90 Å². The van der Waals surface area contributed by atoms with E-state index in [-0.39, 0.29) is 0 Å². The Morgan fingerprint density at radius 2 is 1.00 bits per heavy atom. The standard InChI is InChI=1S/C6HF5OS/c7-1-2(8)4(10)6(13-12)5(11)3(1)9/h12H. The van der Waals surface area contributed by atoms with Gasteiger partial charge in [-0.1, -0.05) is 0 Å². The average Bonchev–Trinajstić information content (AvgIpc) is 2.13. The second-order valence-corrected chi connectivity index (χ2v) is 2.58. The fourth-order valence-corrected chi connectivity index (χ4v) is 1.00. The smallest absolute Gasteiger partial charge is 0.200 e. The summed E-state index contributed by atoms with van der Waals surface area (Å²) < 4.78 is 70.1. The molecule has 0 saturated heterocycles. The van der Waals surface area contributed by atoms with Gasteiger partial charge in [0.2, 0.25) is 5.82 Å². The van der Waals surface area contributed by atoms with Crippen molar-refractivity contribution in [2.75, 3.05) is 0 Å². The first-order valence-corrected chi connectivity index (χ1v) is 3.61. The third kappa shape index (κ3) is 1.49. The SMILES string of the molecule is OSc1c(F)c(F)c(F)c(F)c1F. The molecule has 0 saturated carbocycles. The minimum Gasteiger partial charge on any atom is -0.325 e. The van der Waals surface area contributed by atoms with Crippen molar-refractivity contribution in [2.24, 2.45) is 0 Å². The van der Waals surface area contributed by atoms with Crippen molar-refractivity contribution in [1.29, 1.82) is 0 Å². The highest BCUT2D eigenvalue weighted by Gasteiger charge is 2.25. The Kier molecular flexibility index (Phi) is 2.77. The summed E-state index contributed by atoms with van der Waals surface area (Å²) in [6, 6.07) is 0. The van der Waals surface area contributed by atoms with Gasteiger partial charge >= 0.3 is 0 Å². The van der Waals surface area contributed by atoms with Crippen LogP contribution in [-0.2, 0) is 0 Å². The molecule has 0 spiro atoms. The van der Waals surface area contributed by atoms with E-state index >= 15 is 0 Å². The van der Waals surface area contributed by atoms with Gasteiger partial charge in [0, 0.05) is 12.0 Å². The van der Waals surface area contributed by atoms with E-state index in [0.717, 1.165) is 0 Å². The molecule has 0 aliphatic rings. The summed E-state index contributed by atoms with van der Waals surface area (Å²) >= 11 is -0.538. The van der Waals surface area contributed by atoms with E-state index in [1.807, 2.05) is 0 Å². The zero-order valence-corrected chi connectivity index (χ0v) is 6.56. The summed E-state index contributed by atoms with van der Waals surface area (Å²) in [5.41, 5.74) is 0. The maximum absolute atomic E-state index is 12.5. The first-order chi connectivity index (χ1) is 6.00. The lowest BCUT2D eigenvalue weighted by Gasteiger charge is -2.03. The zero-order valence-electron chi connectivity index (χ0n) is 5.75. The third-order valence-electron chi connectivity index (χ3n) is 1.26. The summed E-state index contributed by atoms with van der Waals surface area (Å²) in [7, 11) is 0. The Balaban J connectivity index is 3.56. The lowest BCUT2D eigenvalue weighted by Crippen LogP contribution is -2.02. The van der Waals surface area contributed by atoms with Crippen LogP contribution in [0.4, 0.5) is 22.0 Å². The van der Waals surface area contributed by atoms with E-state index in [9.17, 15) is 22.0 Å². The van der Waals surface area contributed by atoms with Crippen LogP contribution in [0.1, 0.15) is 0 Å². The molecule has 0 bridgehead atoms. The first-order valence-electron chi connectivity index (χ1n) is 2.83. The van der Waals surface area contributed by atoms with Crippen molar-refractivity contribution < 1.29 is 26.5 Å². The molecule has 0 aromatic heterocycles. The minimum absolute atomic E-state index is 0.538. The van der Waals surface area contributed by atoms with Crippen molar-refractivity contribution in [3.05, 3.63) is 29.1 Å².